The first-order chi connectivity index (χ1) is 9.86. The van der Waals surface area contributed by atoms with Crippen LogP contribution in [-0.4, -0.2) is 39.1 Å². The topological polar surface area (TPSA) is 72.6 Å². The van der Waals surface area contributed by atoms with Gasteiger partial charge in [-0.15, -0.1) is 0 Å². The molecule has 0 atom stereocenters. The van der Waals surface area contributed by atoms with Crippen molar-refractivity contribution >= 4 is 10.0 Å². The van der Waals surface area contributed by atoms with Crippen LogP contribution < -0.4 is 9.88 Å². The fourth-order valence-corrected chi connectivity index (χ4v) is 2.85. The maximum atomic E-state index is 11.2. The fourth-order valence-electron chi connectivity index (χ4n) is 2.34. The molecule has 1 aliphatic rings. The maximum Gasteiger partial charge on any atom is 0.238 e. The molecular weight excluding hydrogens is 288 g/mol. The number of nitrogens with zero attached hydrogens (tertiary/aromatic N) is 1. The van der Waals surface area contributed by atoms with E-state index in [1.54, 1.807) is 12.1 Å². The fraction of sp³-hybridized carbons (Fsp3) is 0.600. The lowest BCUT2D eigenvalue weighted by Crippen LogP contribution is -2.33. The summed E-state index contributed by atoms with van der Waals surface area (Å²) in [6, 6.07) is 6.95. The number of ether oxygens (including phenoxy) is 1. The van der Waals surface area contributed by atoms with E-state index in [1.807, 2.05) is 0 Å². The minimum Gasteiger partial charge on any atom is -0.492 e. The summed E-state index contributed by atoms with van der Waals surface area (Å²) < 4.78 is 28.0. The van der Waals surface area contributed by atoms with Crippen molar-refractivity contribution in [2.75, 3.05) is 19.7 Å². The van der Waals surface area contributed by atoms with Gasteiger partial charge in [0.25, 0.3) is 0 Å². The molecule has 2 N–H and O–H groups in total. The first-order valence-corrected chi connectivity index (χ1v) is 8.90. The van der Waals surface area contributed by atoms with Crippen LogP contribution in [0.5, 0.6) is 5.75 Å². The Hall–Kier alpha value is -1.11. The number of sulfonamides is 1. The van der Waals surface area contributed by atoms with Gasteiger partial charge in [0.2, 0.25) is 10.0 Å². The molecule has 0 bridgehead atoms. The summed E-state index contributed by atoms with van der Waals surface area (Å²) in [5.41, 5.74) is 0. The zero-order valence-electron chi connectivity index (χ0n) is 12.7. The summed E-state index contributed by atoms with van der Waals surface area (Å²) in [7, 11) is -3.63. The first kappa shape index (κ1) is 16.3. The molecule has 118 valence electrons. The standard InChI is InChI=1S/C15H24N2O3S/c1-12(2)11-17(13-3-4-13)9-10-20-14-5-7-15(8-6-14)21(16,18)19/h5-8,12-13H,3-4,9-11H2,1-2H3,(H2,16,18,19). The number of hydrogen-bond acceptors (Lipinski definition) is 4. The smallest absolute Gasteiger partial charge is 0.238 e. The van der Waals surface area contributed by atoms with Crippen molar-refractivity contribution in [2.45, 2.75) is 37.6 Å². The highest BCUT2D eigenvalue weighted by Crippen LogP contribution is 2.27. The summed E-state index contributed by atoms with van der Waals surface area (Å²) in [5, 5.41) is 5.06. The Balaban J connectivity index is 1.82. The van der Waals surface area contributed by atoms with Crippen LogP contribution in [0.2, 0.25) is 0 Å². The molecule has 5 nitrogen and oxygen atoms in total. The molecule has 0 heterocycles. The third-order valence-corrected chi connectivity index (χ3v) is 4.39. The van der Waals surface area contributed by atoms with Crippen molar-refractivity contribution in [2.24, 2.45) is 11.1 Å². The Labute approximate surface area is 127 Å². The average Bonchev–Trinajstić information content (AvgIpc) is 3.21. The SMILES string of the molecule is CC(C)CN(CCOc1ccc(S(N)(=O)=O)cc1)C1CC1. The zero-order valence-corrected chi connectivity index (χ0v) is 13.5. The van der Waals surface area contributed by atoms with Gasteiger partial charge in [-0.2, -0.15) is 0 Å². The van der Waals surface area contributed by atoms with Gasteiger partial charge in [-0.05, 0) is 43.0 Å². The minimum atomic E-state index is -3.63. The van der Waals surface area contributed by atoms with Crippen molar-refractivity contribution in [1.82, 2.24) is 4.90 Å². The second-order valence-corrected chi connectivity index (χ2v) is 7.55. The molecule has 21 heavy (non-hydrogen) atoms. The molecule has 1 saturated carbocycles. The van der Waals surface area contributed by atoms with Crippen LogP contribution >= 0.6 is 0 Å². The van der Waals surface area contributed by atoms with Gasteiger partial charge in [-0.1, -0.05) is 13.8 Å². The van der Waals surface area contributed by atoms with Gasteiger partial charge in [-0.3, -0.25) is 4.90 Å². The molecule has 0 radical (unpaired) electrons. The Kier molecular flexibility index (Phi) is 5.24. The highest BCUT2D eigenvalue weighted by molar-refractivity contribution is 7.89. The van der Waals surface area contributed by atoms with E-state index in [2.05, 4.69) is 18.7 Å². The number of rotatable bonds is 8. The normalized spacial score (nSPS) is 15.7. The number of hydrogen-bond donors (Lipinski definition) is 1. The van der Waals surface area contributed by atoms with E-state index in [4.69, 9.17) is 9.88 Å². The summed E-state index contributed by atoms with van der Waals surface area (Å²) in [6.45, 7) is 7.06. The highest BCUT2D eigenvalue weighted by Gasteiger charge is 2.28. The van der Waals surface area contributed by atoms with E-state index in [1.165, 1.54) is 25.0 Å². The Morgan fingerprint density at radius 2 is 1.90 bits per heavy atom. The van der Waals surface area contributed by atoms with Crippen LogP contribution in [0.3, 0.4) is 0 Å². The van der Waals surface area contributed by atoms with Gasteiger partial charge in [0, 0.05) is 19.1 Å². The van der Waals surface area contributed by atoms with Crippen molar-refractivity contribution in [3.8, 4) is 5.75 Å². The highest BCUT2D eigenvalue weighted by atomic mass is 32.2. The average molecular weight is 312 g/mol. The van der Waals surface area contributed by atoms with E-state index in [0.717, 1.165) is 19.1 Å². The molecule has 1 aromatic carbocycles. The van der Waals surface area contributed by atoms with Gasteiger partial charge in [0.05, 0.1) is 4.90 Å². The number of nitrogens with two attached hydrogens (primary N) is 1. The van der Waals surface area contributed by atoms with Crippen LogP contribution in [0.4, 0.5) is 0 Å². The van der Waals surface area contributed by atoms with Crippen molar-refractivity contribution in [3.63, 3.8) is 0 Å². The lowest BCUT2D eigenvalue weighted by atomic mass is 10.2. The third-order valence-electron chi connectivity index (χ3n) is 3.46. The van der Waals surface area contributed by atoms with E-state index >= 15 is 0 Å². The first-order valence-electron chi connectivity index (χ1n) is 7.36. The summed E-state index contributed by atoms with van der Waals surface area (Å²) >= 11 is 0. The monoisotopic (exact) mass is 312 g/mol. The van der Waals surface area contributed by atoms with Crippen LogP contribution in [0.1, 0.15) is 26.7 Å². The third kappa shape index (κ3) is 5.30. The van der Waals surface area contributed by atoms with Gasteiger partial charge >= 0.3 is 0 Å². The van der Waals surface area contributed by atoms with Crippen molar-refractivity contribution in [1.29, 1.82) is 0 Å². The molecule has 0 spiro atoms. The molecule has 0 saturated heterocycles. The maximum absolute atomic E-state index is 11.2. The Morgan fingerprint density at radius 1 is 1.29 bits per heavy atom. The number of benzene rings is 1. The molecule has 6 heteroatoms. The van der Waals surface area contributed by atoms with Gasteiger partial charge in [0.1, 0.15) is 12.4 Å². The van der Waals surface area contributed by atoms with E-state index in [9.17, 15) is 8.42 Å². The van der Waals surface area contributed by atoms with Crippen LogP contribution in [0.25, 0.3) is 0 Å². The Morgan fingerprint density at radius 3 is 2.38 bits per heavy atom. The second kappa shape index (κ2) is 6.77. The summed E-state index contributed by atoms with van der Waals surface area (Å²) in [5.74, 6) is 1.32. The quantitative estimate of drug-likeness (QED) is 0.795. The molecule has 0 amide bonds. The molecule has 0 aliphatic heterocycles. The predicted molar refractivity (Wildman–Crippen MR) is 82.7 cm³/mol. The Bertz CT molecular complexity index is 551. The molecule has 1 fully saturated rings. The molecule has 0 aromatic heterocycles. The molecule has 1 aromatic rings. The van der Waals surface area contributed by atoms with Crippen molar-refractivity contribution in [3.05, 3.63) is 24.3 Å². The minimum absolute atomic E-state index is 0.106. The van der Waals surface area contributed by atoms with Gasteiger partial charge < -0.3 is 4.74 Å². The largest absolute Gasteiger partial charge is 0.492 e. The summed E-state index contributed by atoms with van der Waals surface area (Å²) in [4.78, 5) is 2.58. The van der Waals surface area contributed by atoms with E-state index in [-0.39, 0.29) is 4.90 Å². The zero-order chi connectivity index (χ0) is 15.5. The molecule has 1 aliphatic carbocycles. The molecule has 2 rings (SSSR count). The lowest BCUT2D eigenvalue weighted by molar-refractivity contribution is 0.185. The molecular formula is C15H24N2O3S. The lowest BCUT2D eigenvalue weighted by Gasteiger charge is -2.23. The van der Waals surface area contributed by atoms with Crippen LogP contribution in [-0.2, 0) is 10.0 Å². The van der Waals surface area contributed by atoms with Crippen LogP contribution in [0.15, 0.2) is 29.2 Å². The van der Waals surface area contributed by atoms with Crippen LogP contribution in [0, 0.1) is 5.92 Å². The summed E-state index contributed by atoms with van der Waals surface area (Å²) in [6.07, 6.45) is 2.57. The van der Waals surface area contributed by atoms with Gasteiger partial charge in [0.15, 0.2) is 0 Å². The second-order valence-electron chi connectivity index (χ2n) is 5.98. The van der Waals surface area contributed by atoms with E-state index < -0.39 is 10.0 Å². The van der Waals surface area contributed by atoms with Crippen molar-refractivity contribution < 1.29 is 13.2 Å². The molecule has 0 unspecified atom stereocenters. The predicted octanol–water partition coefficient (Wildman–Crippen LogP) is 1.83. The van der Waals surface area contributed by atoms with Gasteiger partial charge in [-0.25, -0.2) is 13.6 Å². The van der Waals surface area contributed by atoms with E-state index in [0.29, 0.717) is 18.3 Å². The number of primary sulfonamides is 1.